The fourth-order valence-corrected chi connectivity index (χ4v) is 4.58. The van der Waals surface area contributed by atoms with Crippen LogP contribution in [-0.2, 0) is 16.6 Å². The Kier molecular flexibility index (Phi) is 4.82. The van der Waals surface area contributed by atoms with Crippen LogP contribution in [0.2, 0.25) is 0 Å². The predicted molar refractivity (Wildman–Crippen MR) is 78.2 cm³/mol. The highest BCUT2D eigenvalue weighted by molar-refractivity contribution is 7.89. The first-order chi connectivity index (χ1) is 9.48. The molecule has 114 valence electrons. The van der Waals surface area contributed by atoms with Crippen LogP contribution < -0.4 is 5.32 Å². The average molecular weight is 300 g/mol. The van der Waals surface area contributed by atoms with Gasteiger partial charge in [-0.25, -0.2) is 8.42 Å². The lowest BCUT2D eigenvalue weighted by Gasteiger charge is -2.15. The maximum Gasteiger partial charge on any atom is 0.246 e. The normalized spacial score (nSPS) is 16.9. The number of hydrogen-bond donors (Lipinski definition) is 1. The molecule has 7 heteroatoms. The van der Waals surface area contributed by atoms with Crippen LogP contribution in [0, 0.1) is 13.8 Å². The molecule has 0 bridgehead atoms. The second-order valence-electron chi connectivity index (χ2n) is 5.19. The molecule has 1 aromatic heterocycles. The molecule has 0 amide bonds. The molecule has 1 fully saturated rings. The summed E-state index contributed by atoms with van der Waals surface area (Å²) in [5.41, 5.74) is 1.35. The zero-order valence-electron chi connectivity index (χ0n) is 12.5. The fraction of sp³-hybridized carbons (Fsp3) is 0.769. The Morgan fingerprint density at radius 2 is 1.90 bits per heavy atom. The van der Waals surface area contributed by atoms with E-state index < -0.39 is 10.0 Å². The number of aromatic nitrogens is 2. The van der Waals surface area contributed by atoms with E-state index in [1.54, 1.807) is 15.9 Å². The number of sulfonamides is 1. The van der Waals surface area contributed by atoms with Gasteiger partial charge in [0.2, 0.25) is 10.0 Å². The first kappa shape index (κ1) is 15.5. The van der Waals surface area contributed by atoms with E-state index in [-0.39, 0.29) is 0 Å². The minimum Gasteiger partial charge on any atom is -0.315 e. The third-order valence-corrected chi connectivity index (χ3v) is 5.88. The van der Waals surface area contributed by atoms with E-state index in [1.807, 2.05) is 13.8 Å². The van der Waals surface area contributed by atoms with E-state index in [4.69, 9.17) is 0 Å². The molecule has 1 saturated heterocycles. The summed E-state index contributed by atoms with van der Waals surface area (Å²) in [5, 5.41) is 7.62. The molecule has 2 rings (SSSR count). The van der Waals surface area contributed by atoms with E-state index in [1.165, 1.54) is 0 Å². The van der Waals surface area contributed by atoms with E-state index >= 15 is 0 Å². The largest absolute Gasteiger partial charge is 0.315 e. The van der Waals surface area contributed by atoms with Gasteiger partial charge in [0.1, 0.15) is 4.90 Å². The summed E-state index contributed by atoms with van der Waals surface area (Å²) in [7, 11) is -3.38. The van der Waals surface area contributed by atoms with E-state index in [2.05, 4.69) is 10.4 Å². The Morgan fingerprint density at radius 3 is 2.50 bits per heavy atom. The van der Waals surface area contributed by atoms with Gasteiger partial charge in [-0.1, -0.05) is 6.92 Å². The van der Waals surface area contributed by atoms with Gasteiger partial charge in [0.05, 0.1) is 17.9 Å². The van der Waals surface area contributed by atoms with Gasteiger partial charge in [-0.2, -0.15) is 9.40 Å². The van der Waals surface area contributed by atoms with Crippen LogP contribution in [-0.4, -0.2) is 48.7 Å². The predicted octanol–water partition coefficient (Wildman–Crippen LogP) is 0.894. The summed E-state index contributed by atoms with van der Waals surface area (Å²) >= 11 is 0. The molecule has 0 aliphatic carbocycles. The van der Waals surface area contributed by atoms with Gasteiger partial charge in [0.25, 0.3) is 0 Å². The van der Waals surface area contributed by atoms with Crippen molar-refractivity contribution in [2.24, 2.45) is 0 Å². The first-order valence-corrected chi connectivity index (χ1v) is 8.67. The number of likely N-dealkylation sites (N-methyl/N-ethyl adjacent to an activating group) is 1. The van der Waals surface area contributed by atoms with Gasteiger partial charge < -0.3 is 5.32 Å². The van der Waals surface area contributed by atoms with Crippen LogP contribution in [0.1, 0.15) is 31.2 Å². The molecule has 1 aliphatic rings. The molecule has 1 aromatic rings. The maximum atomic E-state index is 12.7. The minimum atomic E-state index is -3.38. The quantitative estimate of drug-likeness (QED) is 0.793. The van der Waals surface area contributed by atoms with Crippen molar-refractivity contribution < 1.29 is 8.42 Å². The summed E-state index contributed by atoms with van der Waals surface area (Å²) in [6.07, 6.45) is 1.90. The molecular weight excluding hydrogens is 276 g/mol. The summed E-state index contributed by atoms with van der Waals surface area (Å²) in [5.74, 6) is 0. The van der Waals surface area contributed by atoms with Crippen molar-refractivity contribution in [3.8, 4) is 0 Å². The zero-order chi connectivity index (χ0) is 14.8. The van der Waals surface area contributed by atoms with Gasteiger partial charge in [-0.05, 0) is 33.2 Å². The Labute approximate surface area is 121 Å². The SMILES string of the molecule is CCNCCn1nc(C)c(S(=O)(=O)N2CCCC2)c1C. The molecule has 2 heterocycles. The van der Waals surface area contributed by atoms with Crippen molar-refractivity contribution >= 4 is 10.0 Å². The van der Waals surface area contributed by atoms with Crippen LogP contribution in [0.25, 0.3) is 0 Å². The minimum absolute atomic E-state index is 0.399. The molecule has 1 aliphatic heterocycles. The van der Waals surface area contributed by atoms with Gasteiger partial charge >= 0.3 is 0 Å². The van der Waals surface area contributed by atoms with Crippen molar-refractivity contribution in [2.45, 2.75) is 45.1 Å². The zero-order valence-corrected chi connectivity index (χ0v) is 13.3. The standard InChI is InChI=1S/C13H24N4O2S/c1-4-14-7-10-17-12(3)13(11(2)15-17)20(18,19)16-8-5-6-9-16/h14H,4-10H2,1-3H3. The lowest BCUT2D eigenvalue weighted by Crippen LogP contribution is -2.28. The number of rotatable bonds is 6. The molecule has 0 radical (unpaired) electrons. The topological polar surface area (TPSA) is 67.2 Å². The monoisotopic (exact) mass is 300 g/mol. The molecule has 6 nitrogen and oxygen atoms in total. The highest BCUT2D eigenvalue weighted by atomic mass is 32.2. The average Bonchev–Trinajstić information content (AvgIpc) is 2.99. The van der Waals surface area contributed by atoms with E-state index in [9.17, 15) is 8.42 Å². The van der Waals surface area contributed by atoms with Gasteiger partial charge in [-0.15, -0.1) is 0 Å². The van der Waals surface area contributed by atoms with Gasteiger partial charge in [0.15, 0.2) is 0 Å². The highest BCUT2D eigenvalue weighted by Gasteiger charge is 2.32. The molecular formula is C13H24N4O2S. The lowest BCUT2D eigenvalue weighted by atomic mass is 10.4. The molecule has 0 saturated carbocycles. The number of aryl methyl sites for hydroxylation is 1. The van der Waals surface area contributed by atoms with E-state index in [0.29, 0.717) is 30.2 Å². The van der Waals surface area contributed by atoms with E-state index in [0.717, 1.165) is 31.6 Å². The Hall–Kier alpha value is -0.920. The van der Waals surface area contributed by atoms with Crippen molar-refractivity contribution in [2.75, 3.05) is 26.2 Å². The second-order valence-corrected chi connectivity index (χ2v) is 7.06. The summed E-state index contributed by atoms with van der Waals surface area (Å²) in [6.45, 7) is 9.31. The molecule has 0 aromatic carbocycles. The van der Waals surface area contributed by atoms with Crippen LogP contribution in [0.15, 0.2) is 4.90 Å². The number of nitrogens with zero attached hydrogens (tertiary/aromatic N) is 3. The Bertz CT molecular complexity index is 559. The van der Waals surface area contributed by atoms with Crippen molar-refractivity contribution in [3.05, 3.63) is 11.4 Å². The summed E-state index contributed by atoms with van der Waals surface area (Å²) in [6, 6.07) is 0. The Balaban J connectivity index is 2.27. The Morgan fingerprint density at radius 1 is 1.25 bits per heavy atom. The van der Waals surface area contributed by atoms with Crippen LogP contribution in [0.5, 0.6) is 0 Å². The molecule has 1 N–H and O–H groups in total. The molecule has 0 spiro atoms. The third-order valence-electron chi connectivity index (χ3n) is 3.73. The lowest BCUT2D eigenvalue weighted by molar-refractivity contribution is 0.476. The van der Waals surface area contributed by atoms with Gasteiger partial charge in [0, 0.05) is 19.6 Å². The molecule has 20 heavy (non-hydrogen) atoms. The fourth-order valence-electron chi connectivity index (χ4n) is 2.69. The van der Waals surface area contributed by atoms with Crippen molar-refractivity contribution in [1.29, 1.82) is 0 Å². The smallest absolute Gasteiger partial charge is 0.246 e. The maximum absolute atomic E-state index is 12.7. The van der Waals surface area contributed by atoms with Gasteiger partial charge in [-0.3, -0.25) is 4.68 Å². The first-order valence-electron chi connectivity index (χ1n) is 7.23. The number of nitrogens with one attached hydrogen (secondary N) is 1. The number of hydrogen-bond acceptors (Lipinski definition) is 4. The van der Waals surface area contributed by atoms with Crippen molar-refractivity contribution in [3.63, 3.8) is 0 Å². The van der Waals surface area contributed by atoms with Crippen LogP contribution in [0.4, 0.5) is 0 Å². The van der Waals surface area contributed by atoms with Crippen molar-refractivity contribution in [1.82, 2.24) is 19.4 Å². The summed E-state index contributed by atoms with van der Waals surface area (Å²) < 4.78 is 28.7. The van der Waals surface area contributed by atoms with Crippen LogP contribution in [0.3, 0.4) is 0 Å². The molecule has 0 unspecified atom stereocenters. The third kappa shape index (κ3) is 2.89. The molecule has 0 atom stereocenters. The summed E-state index contributed by atoms with van der Waals surface area (Å²) in [4.78, 5) is 0.399. The highest BCUT2D eigenvalue weighted by Crippen LogP contribution is 2.26. The second kappa shape index (κ2) is 6.24. The van der Waals surface area contributed by atoms with Crippen LogP contribution >= 0.6 is 0 Å².